The predicted octanol–water partition coefficient (Wildman–Crippen LogP) is 4.21. The zero-order valence-electron chi connectivity index (χ0n) is 15.8. The number of amides is 2. The largest absolute Gasteiger partial charge is 0.326 e. The van der Waals surface area contributed by atoms with Crippen LogP contribution in [0.2, 0.25) is 0 Å². The topological polar surface area (TPSA) is 75.2 Å². The lowest BCUT2D eigenvalue weighted by Crippen LogP contribution is -2.28. The smallest absolute Gasteiger partial charge is 0.229 e. The number of para-hydroxylation sites is 1. The molecular formula is C22H19BrN4O2. The monoisotopic (exact) mass is 450 g/mol. The third-order valence-corrected chi connectivity index (χ3v) is 5.51. The molecule has 29 heavy (non-hydrogen) atoms. The zero-order chi connectivity index (χ0) is 20.4. The maximum atomic E-state index is 12.8. The van der Waals surface area contributed by atoms with Gasteiger partial charge < -0.3 is 10.2 Å². The lowest BCUT2D eigenvalue weighted by Gasteiger charge is -2.18. The SMILES string of the molecule is Cc1nccc(-c2cccc(NC(=O)C3CC(=O)N(c4ccccc4Br)C3)c2)n1. The van der Waals surface area contributed by atoms with Crippen molar-refractivity contribution in [1.29, 1.82) is 0 Å². The van der Waals surface area contributed by atoms with Gasteiger partial charge in [-0.2, -0.15) is 0 Å². The number of nitrogens with one attached hydrogen (secondary N) is 1. The summed E-state index contributed by atoms with van der Waals surface area (Å²) < 4.78 is 0.835. The van der Waals surface area contributed by atoms with Gasteiger partial charge in [0.15, 0.2) is 0 Å². The van der Waals surface area contributed by atoms with E-state index in [1.54, 1.807) is 11.1 Å². The Morgan fingerprint density at radius 1 is 1.17 bits per heavy atom. The first-order valence-corrected chi connectivity index (χ1v) is 10.1. The summed E-state index contributed by atoms with van der Waals surface area (Å²) in [6, 6.07) is 16.9. The quantitative estimate of drug-likeness (QED) is 0.645. The average molecular weight is 451 g/mol. The van der Waals surface area contributed by atoms with Crippen molar-refractivity contribution in [2.75, 3.05) is 16.8 Å². The highest BCUT2D eigenvalue weighted by molar-refractivity contribution is 9.10. The van der Waals surface area contributed by atoms with Gasteiger partial charge in [0.1, 0.15) is 5.82 Å². The normalized spacial score (nSPS) is 16.1. The van der Waals surface area contributed by atoms with Crippen LogP contribution in [0, 0.1) is 12.8 Å². The Hall–Kier alpha value is -3.06. The van der Waals surface area contributed by atoms with Gasteiger partial charge in [-0.3, -0.25) is 9.59 Å². The second-order valence-corrected chi connectivity index (χ2v) is 7.77. The molecule has 1 fully saturated rings. The summed E-state index contributed by atoms with van der Waals surface area (Å²) in [4.78, 5) is 35.5. The minimum absolute atomic E-state index is 0.0535. The molecule has 0 spiro atoms. The van der Waals surface area contributed by atoms with Gasteiger partial charge in [0.05, 0.1) is 17.3 Å². The van der Waals surface area contributed by atoms with Crippen LogP contribution in [0.4, 0.5) is 11.4 Å². The number of carbonyl (C=O) groups is 2. The predicted molar refractivity (Wildman–Crippen MR) is 115 cm³/mol. The van der Waals surface area contributed by atoms with E-state index in [1.165, 1.54) is 0 Å². The van der Waals surface area contributed by atoms with Gasteiger partial charge in [0.25, 0.3) is 0 Å². The van der Waals surface area contributed by atoms with E-state index in [4.69, 9.17) is 0 Å². The Balaban J connectivity index is 1.48. The lowest BCUT2D eigenvalue weighted by molar-refractivity contribution is -0.122. The van der Waals surface area contributed by atoms with E-state index in [1.807, 2.05) is 61.5 Å². The van der Waals surface area contributed by atoms with Crippen LogP contribution in [0.25, 0.3) is 11.3 Å². The van der Waals surface area contributed by atoms with Gasteiger partial charge in [-0.1, -0.05) is 24.3 Å². The van der Waals surface area contributed by atoms with E-state index in [-0.39, 0.29) is 18.2 Å². The zero-order valence-corrected chi connectivity index (χ0v) is 17.4. The number of aromatic nitrogens is 2. The van der Waals surface area contributed by atoms with Crippen LogP contribution in [-0.2, 0) is 9.59 Å². The summed E-state index contributed by atoms with van der Waals surface area (Å²) in [6.45, 7) is 2.20. The van der Waals surface area contributed by atoms with Crippen LogP contribution in [0.1, 0.15) is 12.2 Å². The molecule has 1 unspecified atom stereocenters. The molecule has 1 atom stereocenters. The number of hydrogen-bond acceptors (Lipinski definition) is 4. The molecule has 1 N–H and O–H groups in total. The summed E-state index contributed by atoms with van der Waals surface area (Å²) in [7, 11) is 0. The molecule has 2 amide bonds. The van der Waals surface area contributed by atoms with Crippen LogP contribution >= 0.6 is 15.9 Å². The Morgan fingerprint density at radius 2 is 2.00 bits per heavy atom. The van der Waals surface area contributed by atoms with Crippen LogP contribution in [0.5, 0.6) is 0 Å². The molecule has 0 radical (unpaired) electrons. The van der Waals surface area contributed by atoms with Crippen molar-refractivity contribution >= 4 is 39.1 Å². The molecule has 0 bridgehead atoms. The molecule has 1 saturated heterocycles. The number of halogens is 1. The van der Waals surface area contributed by atoms with E-state index in [0.29, 0.717) is 18.1 Å². The first-order valence-electron chi connectivity index (χ1n) is 9.27. The second-order valence-electron chi connectivity index (χ2n) is 6.92. The fourth-order valence-corrected chi connectivity index (χ4v) is 3.90. The fourth-order valence-electron chi connectivity index (χ4n) is 3.40. The van der Waals surface area contributed by atoms with Crippen LogP contribution in [0.15, 0.2) is 65.3 Å². The van der Waals surface area contributed by atoms with Crippen molar-refractivity contribution < 1.29 is 9.59 Å². The maximum absolute atomic E-state index is 12.8. The summed E-state index contributed by atoms with van der Waals surface area (Å²) >= 11 is 3.47. The van der Waals surface area contributed by atoms with E-state index >= 15 is 0 Å². The van der Waals surface area contributed by atoms with E-state index in [0.717, 1.165) is 21.4 Å². The third kappa shape index (κ3) is 4.19. The number of anilines is 2. The van der Waals surface area contributed by atoms with Crippen molar-refractivity contribution in [3.63, 3.8) is 0 Å². The molecule has 2 heterocycles. The molecule has 0 aliphatic carbocycles. The van der Waals surface area contributed by atoms with Crippen molar-refractivity contribution in [2.45, 2.75) is 13.3 Å². The van der Waals surface area contributed by atoms with E-state index in [9.17, 15) is 9.59 Å². The number of carbonyl (C=O) groups excluding carboxylic acids is 2. The van der Waals surface area contributed by atoms with Gasteiger partial charge in [-0.15, -0.1) is 0 Å². The second kappa shape index (κ2) is 8.13. The molecule has 1 aliphatic rings. The standard InChI is InChI=1S/C22H19BrN4O2/c1-14-24-10-9-19(25-14)15-5-4-6-17(11-15)26-22(29)16-12-21(28)27(13-16)20-8-3-2-7-18(20)23/h2-11,16H,12-13H2,1H3,(H,26,29). The first-order chi connectivity index (χ1) is 14.0. The highest BCUT2D eigenvalue weighted by atomic mass is 79.9. The van der Waals surface area contributed by atoms with E-state index in [2.05, 4.69) is 31.2 Å². The van der Waals surface area contributed by atoms with Gasteiger partial charge in [-0.05, 0) is 53.2 Å². The summed E-state index contributed by atoms with van der Waals surface area (Å²) in [6.07, 6.45) is 1.90. The van der Waals surface area contributed by atoms with Crippen LogP contribution in [0.3, 0.4) is 0 Å². The number of aryl methyl sites for hydroxylation is 1. The Kier molecular flexibility index (Phi) is 5.40. The molecule has 2 aromatic carbocycles. The first kappa shape index (κ1) is 19.3. The van der Waals surface area contributed by atoms with E-state index < -0.39 is 5.92 Å². The van der Waals surface area contributed by atoms with Crippen LogP contribution in [-0.4, -0.2) is 28.3 Å². The van der Waals surface area contributed by atoms with Crippen molar-refractivity contribution in [3.05, 3.63) is 71.1 Å². The Bertz CT molecular complexity index is 1090. The summed E-state index contributed by atoms with van der Waals surface area (Å²) in [5.74, 6) is 0.0688. The molecule has 4 rings (SSSR count). The molecule has 1 aliphatic heterocycles. The summed E-state index contributed by atoms with van der Waals surface area (Å²) in [5.41, 5.74) is 3.15. The number of benzene rings is 2. The minimum atomic E-state index is -0.403. The fraction of sp³-hybridized carbons (Fsp3) is 0.182. The van der Waals surface area contributed by atoms with Crippen LogP contribution < -0.4 is 10.2 Å². The highest BCUT2D eigenvalue weighted by Gasteiger charge is 2.35. The Morgan fingerprint density at radius 3 is 2.79 bits per heavy atom. The highest BCUT2D eigenvalue weighted by Crippen LogP contribution is 2.32. The van der Waals surface area contributed by atoms with Gasteiger partial charge in [-0.25, -0.2) is 9.97 Å². The molecule has 7 heteroatoms. The third-order valence-electron chi connectivity index (χ3n) is 4.84. The van der Waals surface area contributed by atoms with Crippen molar-refractivity contribution in [1.82, 2.24) is 9.97 Å². The van der Waals surface area contributed by atoms with Gasteiger partial charge in [0.2, 0.25) is 11.8 Å². The average Bonchev–Trinajstić information content (AvgIpc) is 3.10. The molecular weight excluding hydrogens is 432 g/mol. The van der Waals surface area contributed by atoms with Crippen molar-refractivity contribution in [2.24, 2.45) is 5.92 Å². The minimum Gasteiger partial charge on any atom is -0.326 e. The number of nitrogens with zero attached hydrogens (tertiary/aromatic N) is 3. The molecule has 3 aromatic rings. The summed E-state index contributed by atoms with van der Waals surface area (Å²) in [5, 5.41) is 2.94. The lowest BCUT2D eigenvalue weighted by atomic mass is 10.1. The van der Waals surface area contributed by atoms with Gasteiger partial charge in [0, 0.05) is 34.9 Å². The molecule has 146 valence electrons. The van der Waals surface area contributed by atoms with Gasteiger partial charge >= 0.3 is 0 Å². The Labute approximate surface area is 177 Å². The molecule has 0 saturated carbocycles. The molecule has 1 aromatic heterocycles. The molecule has 6 nitrogen and oxygen atoms in total. The number of hydrogen-bond donors (Lipinski definition) is 1. The maximum Gasteiger partial charge on any atom is 0.229 e. The van der Waals surface area contributed by atoms with Crippen molar-refractivity contribution in [3.8, 4) is 11.3 Å². The number of rotatable bonds is 4.